The highest BCUT2D eigenvalue weighted by molar-refractivity contribution is 7.88. The zero-order chi connectivity index (χ0) is 24.0. The van der Waals surface area contributed by atoms with Crippen LogP contribution in [0.3, 0.4) is 0 Å². The SMILES string of the molecule is COC(=O)c1ccc(CS(=O)(=O)NC(CCN2C[C@@H](C)N(C)[C@@H](C)C2)c2ccccc2)cc1. The van der Waals surface area contributed by atoms with Crippen molar-refractivity contribution in [1.82, 2.24) is 14.5 Å². The predicted molar refractivity (Wildman–Crippen MR) is 130 cm³/mol. The Morgan fingerprint density at radius 3 is 2.24 bits per heavy atom. The molecule has 0 radical (unpaired) electrons. The summed E-state index contributed by atoms with van der Waals surface area (Å²) in [5.74, 6) is -0.598. The van der Waals surface area contributed by atoms with Crippen LogP contribution in [0.15, 0.2) is 54.6 Å². The van der Waals surface area contributed by atoms with Crippen LogP contribution < -0.4 is 4.72 Å². The van der Waals surface area contributed by atoms with Gasteiger partial charge in [0.1, 0.15) is 0 Å². The molecule has 33 heavy (non-hydrogen) atoms. The summed E-state index contributed by atoms with van der Waals surface area (Å²) in [5, 5.41) is 0. The maximum absolute atomic E-state index is 13.0. The van der Waals surface area contributed by atoms with Gasteiger partial charge in [0, 0.05) is 37.8 Å². The van der Waals surface area contributed by atoms with Crippen LogP contribution in [-0.4, -0.2) is 70.1 Å². The van der Waals surface area contributed by atoms with Crippen molar-refractivity contribution in [1.29, 1.82) is 0 Å². The zero-order valence-electron chi connectivity index (χ0n) is 19.9. The molecular formula is C25H35N3O4S. The third-order valence-electron chi connectivity index (χ3n) is 6.42. The number of benzene rings is 2. The van der Waals surface area contributed by atoms with E-state index in [-0.39, 0.29) is 11.8 Å². The van der Waals surface area contributed by atoms with Gasteiger partial charge in [-0.05, 0) is 50.6 Å². The topological polar surface area (TPSA) is 78.9 Å². The van der Waals surface area contributed by atoms with Crippen LogP contribution in [-0.2, 0) is 20.5 Å². The van der Waals surface area contributed by atoms with Gasteiger partial charge in [0.05, 0.1) is 18.4 Å². The van der Waals surface area contributed by atoms with E-state index in [0.29, 0.717) is 29.6 Å². The molecule has 3 rings (SSSR count). The van der Waals surface area contributed by atoms with Crippen molar-refractivity contribution < 1.29 is 17.9 Å². The van der Waals surface area contributed by atoms with E-state index in [9.17, 15) is 13.2 Å². The summed E-state index contributed by atoms with van der Waals surface area (Å²) in [6.45, 7) is 7.22. The number of piperazine rings is 1. The lowest BCUT2D eigenvalue weighted by Gasteiger charge is -2.42. The monoisotopic (exact) mass is 473 g/mol. The number of rotatable bonds is 9. The molecule has 1 aliphatic heterocycles. The first kappa shape index (κ1) is 25.4. The minimum atomic E-state index is -3.60. The van der Waals surface area contributed by atoms with Crippen LogP contribution in [0.2, 0.25) is 0 Å². The summed E-state index contributed by atoms with van der Waals surface area (Å²) in [6, 6.07) is 16.8. The largest absolute Gasteiger partial charge is 0.465 e. The summed E-state index contributed by atoms with van der Waals surface area (Å²) in [4.78, 5) is 16.4. The van der Waals surface area contributed by atoms with Gasteiger partial charge < -0.3 is 9.64 Å². The number of nitrogens with one attached hydrogen (secondary N) is 1. The number of hydrogen-bond acceptors (Lipinski definition) is 6. The van der Waals surface area contributed by atoms with Gasteiger partial charge in [-0.25, -0.2) is 17.9 Å². The van der Waals surface area contributed by atoms with E-state index in [1.165, 1.54) is 7.11 Å². The summed E-state index contributed by atoms with van der Waals surface area (Å²) in [5.41, 5.74) is 1.96. The molecule has 1 saturated heterocycles. The van der Waals surface area contributed by atoms with Gasteiger partial charge in [-0.1, -0.05) is 42.5 Å². The van der Waals surface area contributed by atoms with Gasteiger partial charge >= 0.3 is 5.97 Å². The van der Waals surface area contributed by atoms with Crippen LogP contribution in [0.4, 0.5) is 0 Å². The van der Waals surface area contributed by atoms with Crippen molar-refractivity contribution >= 4 is 16.0 Å². The molecule has 1 aliphatic rings. The molecule has 0 spiro atoms. The van der Waals surface area contributed by atoms with Crippen molar-refractivity contribution in [3.05, 3.63) is 71.3 Å². The second kappa shape index (κ2) is 11.2. The molecule has 0 aliphatic carbocycles. The van der Waals surface area contributed by atoms with E-state index in [1.807, 2.05) is 30.3 Å². The number of likely N-dealkylation sites (N-methyl/N-ethyl adjacent to an activating group) is 1. The zero-order valence-corrected chi connectivity index (χ0v) is 20.7. The number of nitrogens with zero attached hydrogens (tertiary/aromatic N) is 2. The molecule has 3 atom stereocenters. The lowest BCUT2D eigenvalue weighted by Crippen LogP contribution is -2.55. The first-order valence-corrected chi connectivity index (χ1v) is 13.0. The highest BCUT2D eigenvalue weighted by Crippen LogP contribution is 2.21. The average molecular weight is 474 g/mol. The molecular weight excluding hydrogens is 438 g/mol. The first-order valence-electron chi connectivity index (χ1n) is 11.3. The summed E-state index contributed by atoms with van der Waals surface area (Å²) < 4.78 is 33.7. The van der Waals surface area contributed by atoms with Crippen LogP contribution in [0.1, 0.15) is 47.8 Å². The molecule has 1 heterocycles. The lowest BCUT2D eigenvalue weighted by molar-refractivity contribution is 0.0581. The van der Waals surface area contributed by atoms with Crippen LogP contribution in [0.5, 0.6) is 0 Å². The van der Waals surface area contributed by atoms with E-state index < -0.39 is 16.0 Å². The smallest absolute Gasteiger partial charge is 0.337 e. The number of carbonyl (C=O) groups excluding carboxylic acids is 1. The van der Waals surface area contributed by atoms with Crippen molar-refractivity contribution in [2.24, 2.45) is 0 Å². The van der Waals surface area contributed by atoms with Crippen LogP contribution in [0, 0.1) is 0 Å². The van der Waals surface area contributed by atoms with E-state index in [4.69, 9.17) is 4.74 Å². The Bertz CT molecular complexity index is 1000. The average Bonchev–Trinajstić information content (AvgIpc) is 2.80. The third-order valence-corrected chi connectivity index (χ3v) is 7.78. The van der Waals surface area contributed by atoms with Gasteiger partial charge in [-0.3, -0.25) is 4.90 Å². The number of carbonyl (C=O) groups is 1. The minimum absolute atomic E-state index is 0.152. The molecule has 8 heteroatoms. The quantitative estimate of drug-likeness (QED) is 0.564. The Morgan fingerprint density at radius 1 is 1.06 bits per heavy atom. The molecule has 2 aromatic rings. The van der Waals surface area contributed by atoms with Gasteiger partial charge in [-0.2, -0.15) is 0 Å². The Morgan fingerprint density at radius 2 is 1.67 bits per heavy atom. The highest BCUT2D eigenvalue weighted by Gasteiger charge is 2.27. The minimum Gasteiger partial charge on any atom is -0.465 e. The summed E-state index contributed by atoms with van der Waals surface area (Å²) >= 11 is 0. The number of methoxy groups -OCH3 is 1. The summed E-state index contributed by atoms with van der Waals surface area (Å²) in [6.07, 6.45) is 0.688. The van der Waals surface area contributed by atoms with Gasteiger partial charge in [0.25, 0.3) is 0 Å². The molecule has 2 aromatic carbocycles. The lowest BCUT2D eigenvalue weighted by atomic mass is 10.0. The van der Waals surface area contributed by atoms with E-state index in [2.05, 4.69) is 35.4 Å². The molecule has 1 unspecified atom stereocenters. The second-order valence-corrected chi connectivity index (χ2v) is 10.7. The first-order chi connectivity index (χ1) is 15.7. The van der Waals surface area contributed by atoms with Gasteiger partial charge in [0.15, 0.2) is 0 Å². The normalized spacial score (nSPS) is 21.0. The van der Waals surface area contributed by atoms with Crippen molar-refractivity contribution in [2.45, 2.75) is 44.1 Å². The molecule has 0 aromatic heterocycles. The van der Waals surface area contributed by atoms with E-state index in [0.717, 1.165) is 25.2 Å². The Labute approximate surface area is 197 Å². The van der Waals surface area contributed by atoms with Crippen LogP contribution >= 0.6 is 0 Å². The summed E-state index contributed by atoms with van der Waals surface area (Å²) in [7, 11) is -0.122. The molecule has 0 saturated carbocycles. The van der Waals surface area contributed by atoms with E-state index >= 15 is 0 Å². The standard InChI is InChI=1S/C25H35N3O4S/c1-19-16-28(17-20(2)27(19)3)15-14-24(22-8-6-5-7-9-22)26-33(30,31)18-21-10-12-23(13-11-21)25(29)32-4/h5-13,19-20,24,26H,14-18H2,1-4H3/t19-,20+,24?. The number of esters is 1. The van der Waals surface area contributed by atoms with Gasteiger partial charge in [-0.15, -0.1) is 0 Å². The maximum atomic E-state index is 13.0. The maximum Gasteiger partial charge on any atom is 0.337 e. The Hall–Kier alpha value is -2.26. The molecule has 180 valence electrons. The van der Waals surface area contributed by atoms with Crippen molar-refractivity contribution in [3.63, 3.8) is 0 Å². The van der Waals surface area contributed by atoms with Crippen LogP contribution in [0.25, 0.3) is 0 Å². The fraction of sp³-hybridized carbons (Fsp3) is 0.480. The fourth-order valence-corrected chi connectivity index (χ4v) is 5.72. The molecule has 7 nitrogen and oxygen atoms in total. The molecule has 1 N–H and O–H groups in total. The fourth-order valence-electron chi connectivity index (χ4n) is 4.32. The Kier molecular flexibility index (Phi) is 8.64. The van der Waals surface area contributed by atoms with Gasteiger partial charge in [0.2, 0.25) is 10.0 Å². The van der Waals surface area contributed by atoms with Crippen molar-refractivity contribution in [3.8, 4) is 0 Å². The number of ether oxygens (including phenoxy) is 1. The molecule has 0 bridgehead atoms. The molecule has 1 fully saturated rings. The number of sulfonamides is 1. The predicted octanol–water partition coefficient (Wildman–Crippen LogP) is 3.05. The molecule has 0 amide bonds. The Balaban J connectivity index is 1.69. The van der Waals surface area contributed by atoms with Crippen molar-refractivity contribution in [2.75, 3.05) is 33.8 Å². The third kappa shape index (κ3) is 7.11. The highest BCUT2D eigenvalue weighted by atomic mass is 32.2. The number of hydrogen-bond donors (Lipinski definition) is 1. The second-order valence-electron chi connectivity index (χ2n) is 8.94. The van der Waals surface area contributed by atoms with E-state index in [1.54, 1.807) is 24.3 Å².